The highest BCUT2D eigenvalue weighted by Crippen LogP contribution is 2.22. The number of carbonyl (C=O) groups excluding carboxylic acids is 4. The summed E-state index contributed by atoms with van der Waals surface area (Å²) in [5.41, 5.74) is 0.586. The number of benzene rings is 1. The van der Waals surface area contributed by atoms with Crippen molar-refractivity contribution in [3.05, 3.63) is 35.4 Å². The molecule has 0 spiro atoms. The standard InChI is InChI=1S/C16H15F3N2O5/c17-16(18,19)9-20-12(22)8-26-13(23)6-3-7-21-14(24)10-4-1-2-5-11(10)15(21)25/h1-2,4-5H,3,6-9H2,(H,20,22). The van der Waals surface area contributed by atoms with Gasteiger partial charge in [-0.3, -0.25) is 24.1 Å². The van der Waals surface area contributed by atoms with Crippen molar-refractivity contribution in [2.75, 3.05) is 19.7 Å². The smallest absolute Gasteiger partial charge is 0.405 e. The Bertz CT molecular complexity index is 698. The maximum absolute atomic E-state index is 12.1. The van der Waals surface area contributed by atoms with Crippen molar-refractivity contribution < 1.29 is 37.1 Å². The largest absolute Gasteiger partial charge is 0.456 e. The predicted molar refractivity (Wildman–Crippen MR) is 81.1 cm³/mol. The highest BCUT2D eigenvalue weighted by atomic mass is 19.4. The van der Waals surface area contributed by atoms with E-state index >= 15 is 0 Å². The van der Waals surface area contributed by atoms with Gasteiger partial charge in [0.25, 0.3) is 17.7 Å². The van der Waals surface area contributed by atoms with Crippen LogP contribution in [-0.4, -0.2) is 54.5 Å². The monoisotopic (exact) mass is 372 g/mol. The van der Waals surface area contributed by atoms with E-state index in [1.54, 1.807) is 17.4 Å². The highest BCUT2D eigenvalue weighted by molar-refractivity contribution is 6.21. The minimum absolute atomic E-state index is 0.0122. The van der Waals surface area contributed by atoms with Gasteiger partial charge in [0, 0.05) is 13.0 Å². The maximum Gasteiger partial charge on any atom is 0.405 e. The molecule has 0 radical (unpaired) electrons. The Labute approximate surface area is 146 Å². The molecular weight excluding hydrogens is 357 g/mol. The van der Waals surface area contributed by atoms with Crippen LogP contribution in [0.25, 0.3) is 0 Å². The molecule has 7 nitrogen and oxygen atoms in total. The molecule has 10 heteroatoms. The van der Waals surface area contributed by atoms with Crippen LogP contribution in [0.5, 0.6) is 0 Å². The van der Waals surface area contributed by atoms with Crippen LogP contribution in [0.2, 0.25) is 0 Å². The topological polar surface area (TPSA) is 92.8 Å². The van der Waals surface area contributed by atoms with Crippen molar-refractivity contribution in [1.82, 2.24) is 10.2 Å². The average molecular weight is 372 g/mol. The zero-order chi connectivity index (χ0) is 19.3. The summed E-state index contributed by atoms with van der Waals surface area (Å²) in [5, 5.41) is 1.56. The van der Waals surface area contributed by atoms with Crippen molar-refractivity contribution in [2.24, 2.45) is 0 Å². The fraction of sp³-hybridized carbons (Fsp3) is 0.375. The van der Waals surface area contributed by atoms with Gasteiger partial charge in [-0.15, -0.1) is 0 Å². The Balaban J connectivity index is 1.70. The van der Waals surface area contributed by atoms with Gasteiger partial charge in [-0.2, -0.15) is 13.2 Å². The maximum atomic E-state index is 12.1. The minimum Gasteiger partial charge on any atom is -0.456 e. The van der Waals surface area contributed by atoms with Crippen LogP contribution in [-0.2, 0) is 14.3 Å². The number of fused-ring (bicyclic) bond motifs is 1. The molecule has 0 bridgehead atoms. The quantitative estimate of drug-likeness (QED) is 0.575. The Kier molecular flexibility index (Phi) is 5.96. The van der Waals surface area contributed by atoms with Crippen LogP contribution < -0.4 is 5.32 Å². The summed E-state index contributed by atoms with van der Waals surface area (Å²) < 4.78 is 40.3. The van der Waals surface area contributed by atoms with Crippen LogP contribution in [0, 0.1) is 0 Å². The molecule has 1 N–H and O–H groups in total. The van der Waals surface area contributed by atoms with Crippen molar-refractivity contribution in [3.63, 3.8) is 0 Å². The summed E-state index contributed by atoms with van der Waals surface area (Å²) in [6, 6.07) is 6.33. The summed E-state index contributed by atoms with van der Waals surface area (Å²) in [6.07, 6.45) is -4.64. The lowest BCUT2D eigenvalue weighted by Gasteiger charge is -2.13. The average Bonchev–Trinajstić information content (AvgIpc) is 2.83. The van der Waals surface area contributed by atoms with Crippen molar-refractivity contribution in [3.8, 4) is 0 Å². The van der Waals surface area contributed by atoms with Gasteiger partial charge in [0.15, 0.2) is 6.61 Å². The summed E-state index contributed by atoms with van der Waals surface area (Å²) in [5.74, 6) is -2.80. The number of alkyl halides is 3. The van der Waals surface area contributed by atoms with Gasteiger partial charge in [0.05, 0.1) is 11.1 Å². The summed E-state index contributed by atoms with van der Waals surface area (Å²) in [6.45, 7) is -2.35. The summed E-state index contributed by atoms with van der Waals surface area (Å²) in [7, 11) is 0. The predicted octanol–water partition coefficient (Wildman–Crippen LogP) is 1.28. The number of carbonyl (C=O) groups is 4. The zero-order valence-electron chi connectivity index (χ0n) is 13.5. The van der Waals surface area contributed by atoms with Gasteiger partial charge in [-0.1, -0.05) is 12.1 Å². The molecule has 0 fully saturated rings. The molecule has 2 rings (SSSR count). The fourth-order valence-electron chi connectivity index (χ4n) is 2.29. The second-order valence-corrected chi connectivity index (χ2v) is 5.46. The van der Waals surface area contributed by atoms with E-state index in [0.29, 0.717) is 11.1 Å². The molecule has 0 aromatic heterocycles. The Hall–Kier alpha value is -2.91. The molecule has 0 saturated heterocycles. The van der Waals surface area contributed by atoms with E-state index in [-0.39, 0.29) is 19.4 Å². The second-order valence-electron chi connectivity index (χ2n) is 5.46. The number of nitrogens with one attached hydrogen (secondary N) is 1. The summed E-state index contributed by atoms with van der Waals surface area (Å²) >= 11 is 0. The first-order valence-electron chi connectivity index (χ1n) is 7.63. The molecule has 0 aliphatic carbocycles. The molecule has 3 amide bonds. The van der Waals surface area contributed by atoms with Gasteiger partial charge in [-0.25, -0.2) is 0 Å². The lowest BCUT2D eigenvalue weighted by molar-refractivity contribution is -0.151. The number of nitrogens with zero attached hydrogens (tertiary/aromatic N) is 1. The van der Waals surface area contributed by atoms with E-state index in [1.807, 2.05) is 0 Å². The number of imide groups is 1. The lowest BCUT2D eigenvalue weighted by atomic mass is 10.1. The van der Waals surface area contributed by atoms with E-state index in [0.717, 1.165) is 4.90 Å². The van der Waals surface area contributed by atoms with E-state index in [9.17, 15) is 32.3 Å². The van der Waals surface area contributed by atoms with Crippen LogP contribution in [0.15, 0.2) is 24.3 Å². The van der Waals surface area contributed by atoms with Crippen LogP contribution >= 0.6 is 0 Å². The van der Waals surface area contributed by atoms with Gasteiger partial charge in [-0.05, 0) is 18.6 Å². The van der Waals surface area contributed by atoms with E-state index < -0.39 is 43.0 Å². The molecule has 0 saturated carbocycles. The van der Waals surface area contributed by atoms with Crippen molar-refractivity contribution in [1.29, 1.82) is 0 Å². The van der Waals surface area contributed by atoms with Crippen LogP contribution in [0.3, 0.4) is 0 Å². The van der Waals surface area contributed by atoms with E-state index in [1.165, 1.54) is 12.1 Å². The SMILES string of the molecule is O=C(COC(=O)CCCN1C(=O)c2ccccc2C1=O)NCC(F)(F)F. The molecule has 1 aliphatic rings. The Morgan fingerprint density at radius 1 is 1.08 bits per heavy atom. The number of hydrogen-bond acceptors (Lipinski definition) is 5. The molecule has 1 aromatic rings. The number of esters is 1. The molecule has 1 aromatic carbocycles. The number of ether oxygens (including phenoxy) is 1. The van der Waals surface area contributed by atoms with Crippen molar-refractivity contribution >= 4 is 23.7 Å². The van der Waals surface area contributed by atoms with Gasteiger partial charge in [0.2, 0.25) is 0 Å². The van der Waals surface area contributed by atoms with Gasteiger partial charge in [0.1, 0.15) is 6.54 Å². The van der Waals surface area contributed by atoms with Crippen LogP contribution in [0.4, 0.5) is 13.2 Å². The number of rotatable bonds is 7. The zero-order valence-corrected chi connectivity index (χ0v) is 13.5. The number of hydrogen-bond donors (Lipinski definition) is 1. The van der Waals surface area contributed by atoms with Gasteiger partial charge >= 0.3 is 12.1 Å². The Morgan fingerprint density at radius 2 is 1.65 bits per heavy atom. The molecule has 1 heterocycles. The number of amides is 3. The molecule has 0 unspecified atom stereocenters. The van der Waals surface area contributed by atoms with Crippen molar-refractivity contribution in [2.45, 2.75) is 19.0 Å². The van der Waals surface area contributed by atoms with Crippen LogP contribution in [0.1, 0.15) is 33.6 Å². The molecule has 0 atom stereocenters. The first kappa shape index (κ1) is 19.4. The molecule has 26 heavy (non-hydrogen) atoms. The fourth-order valence-corrected chi connectivity index (χ4v) is 2.29. The minimum atomic E-state index is -4.55. The highest BCUT2D eigenvalue weighted by Gasteiger charge is 2.34. The Morgan fingerprint density at radius 3 is 2.19 bits per heavy atom. The third-order valence-electron chi connectivity index (χ3n) is 3.49. The van der Waals surface area contributed by atoms with E-state index in [2.05, 4.69) is 4.74 Å². The molecular formula is C16H15F3N2O5. The number of halogens is 3. The van der Waals surface area contributed by atoms with E-state index in [4.69, 9.17) is 0 Å². The first-order valence-corrected chi connectivity index (χ1v) is 7.63. The lowest BCUT2D eigenvalue weighted by Crippen LogP contribution is -2.36. The summed E-state index contributed by atoms with van der Waals surface area (Å²) in [4.78, 5) is 47.8. The molecule has 140 valence electrons. The second kappa shape index (κ2) is 7.98. The third kappa shape index (κ3) is 5.04. The molecule has 1 aliphatic heterocycles. The van der Waals surface area contributed by atoms with Gasteiger partial charge < -0.3 is 10.1 Å². The normalized spacial score (nSPS) is 13.6. The third-order valence-corrected chi connectivity index (χ3v) is 3.49. The first-order chi connectivity index (χ1) is 12.2.